The van der Waals surface area contributed by atoms with E-state index >= 15 is 0 Å². The van der Waals surface area contributed by atoms with Crippen molar-refractivity contribution in [3.05, 3.63) is 76.5 Å². The maximum atomic E-state index is 11.8. The Morgan fingerprint density at radius 1 is 1.19 bits per heavy atom. The van der Waals surface area contributed by atoms with Crippen LogP contribution in [0.1, 0.15) is 43.4 Å². The molecule has 7 heteroatoms. The molecular weight excluding hydrogens is 346 g/mol. The lowest BCUT2D eigenvalue weighted by Crippen LogP contribution is -2.16. The molecule has 0 bridgehead atoms. The van der Waals surface area contributed by atoms with Gasteiger partial charge in [-0.3, -0.25) is 4.79 Å². The molecule has 0 spiro atoms. The number of furan rings is 1. The van der Waals surface area contributed by atoms with E-state index in [9.17, 15) is 14.7 Å². The minimum absolute atomic E-state index is 0.179. The molecule has 0 radical (unpaired) electrons. The fraction of sp³-hybridized carbons (Fsp3) is 0.150. The number of hydrazone groups is 1. The first-order chi connectivity index (χ1) is 12.9. The Bertz CT molecular complexity index is 1030. The molecule has 0 aliphatic heterocycles. The van der Waals surface area contributed by atoms with Gasteiger partial charge >= 0.3 is 11.9 Å². The van der Waals surface area contributed by atoms with Crippen LogP contribution in [-0.2, 0) is 0 Å². The topological polar surface area (TPSA) is 96.8 Å². The van der Waals surface area contributed by atoms with Crippen LogP contribution >= 0.6 is 0 Å². The van der Waals surface area contributed by atoms with Crippen LogP contribution in [0.3, 0.4) is 0 Å². The standard InChI is InChI=1S/C20H19N3O4/c1-12-6-7-15(20(25)26)10-17(12)23-13(2)9-16(14(23)3)11-21-22-19(24)18-5-4-8-27-18/h4-11H,1-3H3,(H,22,24)(H,25,26)/b21-11-. The Labute approximate surface area is 155 Å². The average molecular weight is 365 g/mol. The predicted octanol–water partition coefficient (Wildman–Crippen LogP) is 3.46. The highest BCUT2D eigenvalue weighted by Crippen LogP contribution is 2.23. The third-order valence-corrected chi connectivity index (χ3v) is 4.28. The molecule has 7 nitrogen and oxygen atoms in total. The molecule has 2 heterocycles. The van der Waals surface area contributed by atoms with Gasteiger partial charge in [0, 0.05) is 22.6 Å². The Kier molecular flexibility index (Phi) is 4.94. The van der Waals surface area contributed by atoms with Crippen LogP contribution in [0, 0.1) is 20.8 Å². The Balaban J connectivity index is 1.89. The van der Waals surface area contributed by atoms with Crippen molar-refractivity contribution < 1.29 is 19.1 Å². The highest BCUT2D eigenvalue weighted by atomic mass is 16.4. The SMILES string of the molecule is Cc1ccc(C(=O)O)cc1-n1c(C)cc(/C=N\NC(=O)c2ccco2)c1C. The summed E-state index contributed by atoms with van der Waals surface area (Å²) in [7, 11) is 0. The third-order valence-electron chi connectivity index (χ3n) is 4.28. The van der Waals surface area contributed by atoms with E-state index in [1.165, 1.54) is 6.26 Å². The van der Waals surface area contributed by atoms with Gasteiger partial charge in [0.05, 0.1) is 18.0 Å². The number of hydrogen-bond acceptors (Lipinski definition) is 4. The number of aromatic carboxylic acids is 1. The van der Waals surface area contributed by atoms with Gasteiger partial charge in [-0.1, -0.05) is 6.07 Å². The van der Waals surface area contributed by atoms with Gasteiger partial charge in [0.2, 0.25) is 0 Å². The molecule has 138 valence electrons. The van der Waals surface area contributed by atoms with E-state index in [0.717, 1.165) is 28.2 Å². The number of carbonyl (C=O) groups excluding carboxylic acids is 1. The second-order valence-electron chi connectivity index (χ2n) is 6.14. The molecule has 3 rings (SSSR count). The van der Waals surface area contributed by atoms with E-state index in [4.69, 9.17) is 4.42 Å². The number of carboxylic acid groups (broad SMARTS) is 1. The first-order valence-corrected chi connectivity index (χ1v) is 8.28. The summed E-state index contributed by atoms with van der Waals surface area (Å²) in [6.07, 6.45) is 2.97. The minimum atomic E-state index is -0.971. The van der Waals surface area contributed by atoms with Crippen molar-refractivity contribution in [1.82, 2.24) is 9.99 Å². The number of hydrogen-bond donors (Lipinski definition) is 2. The second kappa shape index (κ2) is 7.33. The molecule has 0 aliphatic rings. The Morgan fingerprint density at radius 3 is 2.63 bits per heavy atom. The molecule has 1 aromatic carbocycles. The molecule has 0 atom stereocenters. The molecule has 0 aliphatic carbocycles. The van der Waals surface area contributed by atoms with E-state index < -0.39 is 11.9 Å². The third kappa shape index (κ3) is 3.67. The fourth-order valence-electron chi connectivity index (χ4n) is 2.90. The van der Waals surface area contributed by atoms with E-state index in [0.29, 0.717) is 0 Å². The number of rotatable bonds is 5. The minimum Gasteiger partial charge on any atom is -0.478 e. The average Bonchev–Trinajstić information content (AvgIpc) is 3.25. The highest BCUT2D eigenvalue weighted by molar-refractivity contribution is 5.92. The van der Waals surface area contributed by atoms with Gasteiger partial charge in [0.1, 0.15) is 0 Å². The summed E-state index contributed by atoms with van der Waals surface area (Å²) in [6, 6.07) is 10.1. The molecule has 0 saturated carbocycles. The second-order valence-corrected chi connectivity index (χ2v) is 6.14. The largest absolute Gasteiger partial charge is 0.478 e. The van der Waals surface area contributed by atoms with Crippen molar-refractivity contribution in [3.63, 3.8) is 0 Å². The molecule has 3 aromatic rings. The molecule has 1 amide bonds. The van der Waals surface area contributed by atoms with Crippen molar-refractivity contribution in [2.45, 2.75) is 20.8 Å². The lowest BCUT2D eigenvalue weighted by atomic mass is 10.1. The summed E-state index contributed by atoms with van der Waals surface area (Å²) in [4.78, 5) is 23.1. The summed E-state index contributed by atoms with van der Waals surface area (Å²) in [5, 5.41) is 13.2. The Hall–Kier alpha value is -3.61. The first kappa shape index (κ1) is 18.2. The summed E-state index contributed by atoms with van der Waals surface area (Å²) >= 11 is 0. The lowest BCUT2D eigenvalue weighted by Gasteiger charge is -2.13. The van der Waals surface area contributed by atoms with Crippen molar-refractivity contribution >= 4 is 18.1 Å². The van der Waals surface area contributed by atoms with Gasteiger partial charge in [-0.25, -0.2) is 10.2 Å². The monoisotopic (exact) mass is 365 g/mol. The summed E-state index contributed by atoms with van der Waals surface area (Å²) in [5.74, 6) is -1.23. The zero-order chi connectivity index (χ0) is 19.6. The number of carboxylic acids is 1. The maximum Gasteiger partial charge on any atom is 0.335 e. The normalized spacial score (nSPS) is 11.1. The van der Waals surface area contributed by atoms with Crippen LogP contribution in [0.15, 0.2) is 52.2 Å². The van der Waals surface area contributed by atoms with Crippen molar-refractivity contribution in [3.8, 4) is 5.69 Å². The van der Waals surface area contributed by atoms with Crippen LogP contribution in [0.25, 0.3) is 5.69 Å². The van der Waals surface area contributed by atoms with Crippen molar-refractivity contribution in [1.29, 1.82) is 0 Å². The smallest absolute Gasteiger partial charge is 0.335 e. The van der Waals surface area contributed by atoms with Crippen LogP contribution in [-0.4, -0.2) is 27.8 Å². The highest BCUT2D eigenvalue weighted by Gasteiger charge is 2.14. The van der Waals surface area contributed by atoms with Gasteiger partial charge in [0.25, 0.3) is 0 Å². The Morgan fingerprint density at radius 2 is 1.96 bits per heavy atom. The zero-order valence-electron chi connectivity index (χ0n) is 15.2. The van der Waals surface area contributed by atoms with Crippen molar-refractivity contribution in [2.24, 2.45) is 5.10 Å². The predicted molar refractivity (Wildman–Crippen MR) is 101 cm³/mol. The zero-order valence-corrected chi connectivity index (χ0v) is 15.2. The fourth-order valence-corrected chi connectivity index (χ4v) is 2.90. The summed E-state index contributed by atoms with van der Waals surface area (Å²) in [5.41, 5.74) is 7.01. The molecule has 2 aromatic heterocycles. The summed E-state index contributed by atoms with van der Waals surface area (Å²) in [6.45, 7) is 5.77. The van der Waals surface area contributed by atoms with Crippen LogP contribution in [0.4, 0.5) is 0 Å². The van der Waals surface area contributed by atoms with E-state index in [2.05, 4.69) is 10.5 Å². The number of benzene rings is 1. The van der Waals surface area contributed by atoms with Gasteiger partial charge in [-0.15, -0.1) is 0 Å². The van der Waals surface area contributed by atoms with Gasteiger partial charge in [0.15, 0.2) is 5.76 Å². The molecule has 0 fully saturated rings. The van der Waals surface area contributed by atoms with Crippen LogP contribution < -0.4 is 5.43 Å². The summed E-state index contributed by atoms with van der Waals surface area (Å²) < 4.78 is 6.98. The maximum absolute atomic E-state index is 11.8. The number of nitrogens with one attached hydrogen (secondary N) is 1. The molecule has 0 saturated heterocycles. The molecule has 0 unspecified atom stereocenters. The van der Waals surface area contributed by atoms with Crippen molar-refractivity contribution in [2.75, 3.05) is 0 Å². The van der Waals surface area contributed by atoms with Gasteiger partial charge < -0.3 is 14.1 Å². The number of carbonyl (C=O) groups is 2. The quantitative estimate of drug-likeness (QED) is 0.534. The van der Waals surface area contributed by atoms with Gasteiger partial charge in [-0.2, -0.15) is 5.10 Å². The molecular formula is C20H19N3O4. The van der Waals surface area contributed by atoms with Crippen LogP contribution in [0.5, 0.6) is 0 Å². The molecule has 2 N–H and O–H groups in total. The van der Waals surface area contributed by atoms with Gasteiger partial charge in [-0.05, 0) is 56.7 Å². The molecule has 27 heavy (non-hydrogen) atoms. The first-order valence-electron chi connectivity index (χ1n) is 8.28. The number of amides is 1. The number of aromatic nitrogens is 1. The number of nitrogens with zero attached hydrogens (tertiary/aromatic N) is 2. The van der Waals surface area contributed by atoms with E-state index in [-0.39, 0.29) is 11.3 Å². The lowest BCUT2D eigenvalue weighted by molar-refractivity contribution is 0.0696. The van der Waals surface area contributed by atoms with Crippen LogP contribution in [0.2, 0.25) is 0 Å². The number of aryl methyl sites for hydroxylation is 2. The van der Waals surface area contributed by atoms with E-state index in [1.54, 1.807) is 36.5 Å². The van der Waals surface area contributed by atoms with E-state index in [1.807, 2.05) is 31.4 Å².